The van der Waals surface area contributed by atoms with Gasteiger partial charge >= 0.3 is 0 Å². The molecule has 0 saturated carbocycles. The van der Waals surface area contributed by atoms with Gasteiger partial charge in [-0.1, -0.05) is 18.2 Å². The van der Waals surface area contributed by atoms with Gasteiger partial charge in [-0.25, -0.2) is 0 Å². The predicted octanol–water partition coefficient (Wildman–Crippen LogP) is 2.74. The molecule has 1 rings (SSSR count). The van der Waals surface area contributed by atoms with Gasteiger partial charge < -0.3 is 0 Å². The quantitative estimate of drug-likeness (QED) is 0.561. The summed E-state index contributed by atoms with van der Waals surface area (Å²) in [7, 11) is 1.83. The minimum atomic E-state index is 1.12. The highest BCUT2D eigenvalue weighted by atomic mass is 14.7. The van der Waals surface area contributed by atoms with Crippen LogP contribution in [0.2, 0.25) is 0 Å². The first-order valence-electron chi connectivity index (χ1n) is 4.16. The van der Waals surface area contributed by atoms with Gasteiger partial charge in [-0.05, 0) is 31.9 Å². The van der Waals surface area contributed by atoms with Gasteiger partial charge in [0.05, 0.1) is 0 Å². The van der Waals surface area contributed by atoms with Gasteiger partial charge in [-0.3, -0.25) is 4.99 Å². The number of rotatable bonds is 1. The lowest BCUT2D eigenvalue weighted by atomic mass is 9.99. The molecule has 1 nitrogen and oxygen atoms in total. The van der Waals surface area contributed by atoms with Crippen LogP contribution in [0.25, 0.3) is 0 Å². The molecular formula is C11H15N. The maximum atomic E-state index is 4.20. The summed E-state index contributed by atoms with van der Waals surface area (Å²) in [6.45, 7) is 6.30. The van der Waals surface area contributed by atoms with Crippen molar-refractivity contribution in [3.05, 3.63) is 34.9 Å². The highest BCUT2D eigenvalue weighted by Gasteiger charge is 2.03. The number of aryl methyl sites for hydroxylation is 2. The van der Waals surface area contributed by atoms with E-state index in [1.165, 1.54) is 16.7 Å². The second kappa shape index (κ2) is 3.53. The molecule has 0 fully saturated rings. The molecule has 1 aromatic carbocycles. The second-order valence-corrected chi connectivity index (χ2v) is 3.08. The van der Waals surface area contributed by atoms with E-state index in [4.69, 9.17) is 0 Å². The van der Waals surface area contributed by atoms with Crippen LogP contribution >= 0.6 is 0 Å². The van der Waals surface area contributed by atoms with Crippen molar-refractivity contribution in [2.75, 3.05) is 7.05 Å². The molecule has 0 saturated heterocycles. The smallest absolute Gasteiger partial charge is 0.0391 e. The number of aliphatic imine (C=N–C) groups is 1. The summed E-state index contributed by atoms with van der Waals surface area (Å²) >= 11 is 0. The Morgan fingerprint density at radius 3 is 2.08 bits per heavy atom. The van der Waals surface area contributed by atoms with Crippen molar-refractivity contribution in [3.8, 4) is 0 Å². The molecule has 1 heteroatoms. The third-order valence-corrected chi connectivity index (χ3v) is 2.18. The summed E-state index contributed by atoms with van der Waals surface area (Å²) in [4.78, 5) is 4.20. The lowest BCUT2D eigenvalue weighted by Gasteiger charge is -2.07. The minimum absolute atomic E-state index is 1.12. The van der Waals surface area contributed by atoms with Crippen LogP contribution in [0, 0.1) is 13.8 Å². The zero-order valence-corrected chi connectivity index (χ0v) is 8.18. The first kappa shape index (κ1) is 8.98. The summed E-state index contributed by atoms with van der Waals surface area (Å²) in [5, 5.41) is 0. The predicted molar refractivity (Wildman–Crippen MR) is 54.1 cm³/mol. The SMILES string of the molecule is C/N=C(\C)c1c(C)cccc1C. The van der Waals surface area contributed by atoms with Crippen molar-refractivity contribution in [1.82, 2.24) is 0 Å². The maximum absolute atomic E-state index is 4.20. The van der Waals surface area contributed by atoms with E-state index in [0.717, 1.165) is 5.71 Å². The van der Waals surface area contributed by atoms with Crippen LogP contribution in [-0.2, 0) is 0 Å². The topological polar surface area (TPSA) is 12.4 Å². The molecule has 0 amide bonds. The van der Waals surface area contributed by atoms with E-state index in [1.54, 1.807) is 0 Å². The molecule has 0 atom stereocenters. The van der Waals surface area contributed by atoms with E-state index in [0.29, 0.717) is 0 Å². The van der Waals surface area contributed by atoms with Gasteiger partial charge in [-0.2, -0.15) is 0 Å². The standard InChI is InChI=1S/C11H15N/c1-8-6-5-7-9(2)11(8)10(3)12-4/h5-7H,1-4H3/b12-10+. The highest BCUT2D eigenvalue weighted by molar-refractivity contribution is 6.01. The minimum Gasteiger partial charge on any atom is -0.293 e. The van der Waals surface area contributed by atoms with Crippen molar-refractivity contribution in [3.63, 3.8) is 0 Å². The molecule has 64 valence electrons. The van der Waals surface area contributed by atoms with Crippen LogP contribution in [-0.4, -0.2) is 12.8 Å². The zero-order chi connectivity index (χ0) is 9.14. The Kier molecular flexibility index (Phi) is 2.64. The van der Waals surface area contributed by atoms with Gasteiger partial charge in [0, 0.05) is 18.3 Å². The van der Waals surface area contributed by atoms with Gasteiger partial charge in [0.15, 0.2) is 0 Å². The summed E-state index contributed by atoms with van der Waals surface area (Å²) < 4.78 is 0. The normalized spacial score (nSPS) is 11.8. The maximum Gasteiger partial charge on any atom is 0.0391 e. The fourth-order valence-electron chi connectivity index (χ4n) is 1.50. The molecule has 0 bridgehead atoms. The van der Waals surface area contributed by atoms with E-state index in [9.17, 15) is 0 Å². The number of hydrogen-bond acceptors (Lipinski definition) is 1. The highest BCUT2D eigenvalue weighted by Crippen LogP contribution is 2.13. The lowest BCUT2D eigenvalue weighted by Crippen LogP contribution is -2.00. The molecule has 1 aromatic rings. The molecule has 0 N–H and O–H groups in total. The molecule has 0 aliphatic heterocycles. The zero-order valence-electron chi connectivity index (χ0n) is 8.18. The first-order valence-corrected chi connectivity index (χ1v) is 4.16. The molecule has 0 radical (unpaired) electrons. The number of benzene rings is 1. The lowest BCUT2D eigenvalue weighted by molar-refractivity contribution is 1.32. The van der Waals surface area contributed by atoms with Crippen LogP contribution in [0.5, 0.6) is 0 Å². The van der Waals surface area contributed by atoms with Gasteiger partial charge in [0.1, 0.15) is 0 Å². The van der Waals surface area contributed by atoms with Crippen LogP contribution in [0.3, 0.4) is 0 Å². The second-order valence-electron chi connectivity index (χ2n) is 3.08. The van der Waals surface area contributed by atoms with Crippen LogP contribution < -0.4 is 0 Å². The Hall–Kier alpha value is -1.11. The van der Waals surface area contributed by atoms with E-state index in [1.807, 2.05) is 7.05 Å². The van der Waals surface area contributed by atoms with Gasteiger partial charge in [0.25, 0.3) is 0 Å². The summed E-state index contributed by atoms with van der Waals surface area (Å²) in [6, 6.07) is 6.32. The van der Waals surface area contributed by atoms with Crippen molar-refractivity contribution in [2.24, 2.45) is 4.99 Å². The van der Waals surface area contributed by atoms with Crippen molar-refractivity contribution < 1.29 is 0 Å². The molecule has 0 spiro atoms. The molecule has 0 aromatic heterocycles. The Labute approximate surface area is 74.2 Å². The Bertz CT molecular complexity index is 291. The van der Waals surface area contributed by atoms with Crippen molar-refractivity contribution in [2.45, 2.75) is 20.8 Å². The number of nitrogens with zero attached hydrogens (tertiary/aromatic N) is 1. The molecule has 0 aliphatic rings. The van der Waals surface area contributed by atoms with Gasteiger partial charge in [0.2, 0.25) is 0 Å². The third kappa shape index (κ3) is 1.55. The molecule has 0 aliphatic carbocycles. The van der Waals surface area contributed by atoms with E-state index >= 15 is 0 Å². The van der Waals surface area contributed by atoms with E-state index in [-0.39, 0.29) is 0 Å². The van der Waals surface area contributed by atoms with Gasteiger partial charge in [-0.15, -0.1) is 0 Å². The fraction of sp³-hybridized carbons (Fsp3) is 0.364. The summed E-state index contributed by atoms with van der Waals surface area (Å²) in [6.07, 6.45) is 0. The average Bonchev–Trinajstić information content (AvgIpc) is 2.03. The van der Waals surface area contributed by atoms with Crippen molar-refractivity contribution in [1.29, 1.82) is 0 Å². The monoisotopic (exact) mass is 161 g/mol. The summed E-state index contributed by atoms with van der Waals surface area (Å²) in [5.41, 5.74) is 5.02. The van der Waals surface area contributed by atoms with Crippen LogP contribution in [0.15, 0.2) is 23.2 Å². The van der Waals surface area contributed by atoms with Crippen LogP contribution in [0.4, 0.5) is 0 Å². The average molecular weight is 161 g/mol. The third-order valence-electron chi connectivity index (χ3n) is 2.18. The Morgan fingerprint density at radius 1 is 1.17 bits per heavy atom. The molecule has 0 heterocycles. The summed E-state index contributed by atoms with van der Waals surface area (Å²) in [5.74, 6) is 0. The Morgan fingerprint density at radius 2 is 1.67 bits per heavy atom. The van der Waals surface area contributed by atoms with E-state index < -0.39 is 0 Å². The fourth-order valence-corrected chi connectivity index (χ4v) is 1.50. The first-order chi connectivity index (χ1) is 5.66. The number of hydrogen-bond donors (Lipinski definition) is 0. The van der Waals surface area contributed by atoms with E-state index in [2.05, 4.69) is 44.0 Å². The molecule has 0 unspecified atom stereocenters. The molecule has 12 heavy (non-hydrogen) atoms. The largest absolute Gasteiger partial charge is 0.293 e. The molecular weight excluding hydrogens is 146 g/mol. The van der Waals surface area contributed by atoms with Crippen molar-refractivity contribution >= 4 is 5.71 Å². The Balaban J connectivity index is 3.31. The van der Waals surface area contributed by atoms with Crippen LogP contribution in [0.1, 0.15) is 23.6 Å².